The number of anilines is 1. The van der Waals surface area contributed by atoms with Gasteiger partial charge in [-0.1, -0.05) is 12.1 Å². The molecule has 0 bridgehead atoms. The number of carbonyl (C=O) groups is 1. The van der Waals surface area contributed by atoms with Crippen LogP contribution < -0.4 is 10.2 Å². The molecule has 0 aliphatic carbocycles. The standard InChI is InChI=1S/C18H15FN4O/c1-22-16-5-3-2-4-15(16)18(24)21-17(22)12-10-20-23(11-12)14-8-6-13(19)7-9-14/h2-11,17H,1H3,(H,21,24)/t17-/m1/s1. The minimum atomic E-state index is -0.304. The van der Waals surface area contributed by atoms with Crippen LogP contribution in [0.25, 0.3) is 5.69 Å². The summed E-state index contributed by atoms with van der Waals surface area (Å²) in [4.78, 5) is 14.3. The Morgan fingerprint density at radius 1 is 1.12 bits per heavy atom. The van der Waals surface area contributed by atoms with Crippen molar-refractivity contribution in [2.75, 3.05) is 11.9 Å². The van der Waals surface area contributed by atoms with E-state index in [2.05, 4.69) is 10.4 Å². The van der Waals surface area contributed by atoms with E-state index in [-0.39, 0.29) is 17.9 Å². The first kappa shape index (κ1) is 14.4. The molecule has 0 saturated carbocycles. The third kappa shape index (κ3) is 2.32. The highest BCUT2D eigenvalue weighted by Gasteiger charge is 2.29. The van der Waals surface area contributed by atoms with Gasteiger partial charge in [-0.2, -0.15) is 5.10 Å². The van der Waals surface area contributed by atoms with Gasteiger partial charge in [0, 0.05) is 18.8 Å². The molecule has 24 heavy (non-hydrogen) atoms. The van der Waals surface area contributed by atoms with Crippen molar-refractivity contribution in [1.29, 1.82) is 0 Å². The second kappa shape index (κ2) is 5.49. The zero-order valence-electron chi connectivity index (χ0n) is 13.0. The fraction of sp³-hybridized carbons (Fsp3) is 0.111. The number of nitrogens with zero attached hydrogens (tertiary/aromatic N) is 3. The number of carbonyl (C=O) groups excluding carboxylic acids is 1. The maximum Gasteiger partial charge on any atom is 0.255 e. The first-order chi connectivity index (χ1) is 11.6. The van der Waals surface area contributed by atoms with E-state index < -0.39 is 0 Å². The Balaban J connectivity index is 1.68. The molecule has 0 unspecified atom stereocenters. The molecular weight excluding hydrogens is 307 g/mol. The van der Waals surface area contributed by atoms with E-state index in [0.717, 1.165) is 16.9 Å². The molecule has 2 aromatic carbocycles. The highest BCUT2D eigenvalue weighted by Crippen LogP contribution is 2.31. The second-order valence-electron chi connectivity index (χ2n) is 5.70. The van der Waals surface area contributed by atoms with Gasteiger partial charge in [-0.05, 0) is 36.4 Å². The first-order valence-electron chi connectivity index (χ1n) is 7.57. The number of hydrogen-bond donors (Lipinski definition) is 1. The van der Waals surface area contributed by atoms with Crippen LogP contribution in [0.3, 0.4) is 0 Å². The Morgan fingerprint density at radius 3 is 2.67 bits per heavy atom. The van der Waals surface area contributed by atoms with Crippen molar-refractivity contribution in [3.63, 3.8) is 0 Å². The van der Waals surface area contributed by atoms with Gasteiger partial charge >= 0.3 is 0 Å². The lowest BCUT2D eigenvalue weighted by Gasteiger charge is -2.35. The molecule has 1 N–H and O–H groups in total. The van der Waals surface area contributed by atoms with Gasteiger partial charge in [-0.3, -0.25) is 4.79 Å². The SMILES string of the molecule is CN1c2ccccc2C(=O)N[C@H]1c1cnn(-c2ccc(F)cc2)c1. The smallest absolute Gasteiger partial charge is 0.255 e. The Bertz CT molecular complexity index is 903. The predicted molar refractivity (Wildman–Crippen MR) is 88.6 cm³/mol. The zero-order chi connectivity index (χ0) is 16.7. The predicted octanol–water partition coefficient (Wildman–Crippen LogP) is 2.89. The zero-order valence-corrected chi connectivity index (χ0v) is 13.0. The number of hydrogen-bond acceptors (Lipinski definition) is 3. The van der Waals surface area contributed by atoms with Crippen LogP contribution in [0.5, 0.6) is 0 Å². The summed E-state index contributed by atoms with van der Waals surface area (Å²) >= 11 is 0. The lowest BCUT2D eigenvalue weighted by Crippen LogP contribution is -2.44. The summed E-state index contributed by atoms with van der Waals surface area (Å²) in [5.74, 6) is -0.398. The van der Waals surface area contributed by atoms with Gasteiger partial charge in [0.1, 0.15) is 12.0 Å². The molecular formula is C18H15FN4O. The molecule has 1 aliphatic rings. The number of benzene rings is 2. The van der Waals surface area contributed by atoms with Crippen LogP contribution in [-0.4, -0.2) is 22.7 Å². The number of nitrogens with one attached hydrogen (secondary N) is 1. The average molecular weight is 322 g/mol. The summed E-state index contributed by atoms with van der Waals surface area (Å²) < 4.78 is 14.7. The van der Waals surface area contributed by atoms with Crippen LogP contribution in [0.15, 0.2) is 60.9 Å². The van der Waals surface area contributed by atoms with Gasteiger partial charge in [0.25, 0.3) is 5.91 Å². The Morgan fingerprint density at radius 2 is 1.88 bits per heavy atom. The fourth-order valence-corrected chi connectivity index (χ4v) is 2.93. The van der Waals surface area contributed by atoms with Crippen LogP contribution in [0, 0.1) is 5.82 Å². The van der Waals surface area contributed by atoms with E-state index in [1.807, 2.05) is 36.3 Å². The summed E-state index contributed by atoms with van der Waals surface area (Å²) in [6, 6.07) is 13.6. The van der Waals surface area contributed by atoms with Gasteiger partial charge < -0.3 is 10.2 Å². The monoisotopic (exact) mass is 322 g/mol. The third-order valence-corrected chi connectivity index (χ3v) is 4.19. The van der Waals surface area contributed by atoms with Gasteiger partial charge in [-0.25, -0.2) is 9.07 Å². The maximum atomic E-state index is 13.0. The van der Waals surface area contributed by atoms with E-state index in [1.54, 1.807) is 29.1 Å². The number of aromatic nitrogens is 2. The Labute approximate surface area is 138 Å². The van der Waals surface area contributed by atoms with Crippen LogP contribution in [-0.2, 0) is 0 Å². The lowest BCUT2D eigenvalue weighted by atomic mass is 10.1. The molecule has 3 aromatic rings. The molecule has 1 aromatic heterocycles. The summed E-state index contributed by atoms with van der Waals surface area (Å²) in [5, 5.41) is 7.31. The van der Waals surface area contributed by atoms with Crippen LogP contribution >= 0.6 is 0 Å². The van der Waals surface area contributed by atoms with Crippen molar-refractivity contribution in [3.8, 4) is 5.69 Å². The molecule has 5 nitrogen and oxygen atoms in total. The topological polar surface area (TPSA) is 50.2 Å². The highest BCUT2D eigenvalue weighted by molar-refractivity contribution is 6.01. The summed E-state index contributed by atoms with van der Waals surface area (Å²) in [6.07, 6.45) is 3.24. The van der Waals surface area contributed by atoms with Gasteiger partial charge in [0.15, 0.2) is 0 Å². The minimum absolute atomic E-state index is 0.108. The lowest BCUT2D eigenvalue weighted by molar-refractivity contribution is 0.0928. The fourth-order valence-electron chi connectivity index (χ4n) is 2.93. The number of fused-ring (bicyclic) bond motifs is 1. The number of para-hydroxylation sites is 1. The summed E-state index contributed by atoms with van der Waals surface area (Å²) in [5.41, 5.74) is 3.14. The van der Waals surface area contributed by atoms with E-state index in [4.69, 9.17) is 0 Å². The molecule has 0 fully saturated rings. The van der Waals surface area contributed by atoms with Gasteiger partial charge in [0.05, 0.1) is 23.1 Å². The molecule has 4 rings (SSSR count). The minimum Gasteiger partial charge on any atom is -0.350 e. The maximum absolute atomic E-state index is 13.0. The number of halogens is 1. The highest BCUT2D eigenvalue weighted by atomic mass is 19.1. The molecule has 0 spiro atoms. The van der Waals surface area contributed by atoms with Crippen molar-refractivity contribution in [3.05, 3.63) is 77.9 Å². The molecule has 120 valence electrons. The molecule has 0 radical (unpaired) electrons. The molecule has 2 heterocycles. The van der Waals surface area contributed by atoms with Gasteiger partial charge in [0.2, 0.25) is 0 Å². The van der Waals surface area contributed by atoms with Gasteiger partial charge in [-0.15, -0.1) is 0 Å². The van der Waals surface area contributed by atoms with E-state index in [0.29, 0.717) is 5.56 Å². The van der Waals surface area contributed by atoms with Crippen molar-refractivity contribution in [2.24, 2.45) is 0 Å². The Hall–Kier alpha value is -3.15. The summed E-state index contributed by atoms with van der Waals surface area (Å²) in [7, 11) is 1.93. The normalized spacial score (nSPS) is 16.7. The summed E-state index contributed by atoms with van der Waals surface area (Å²) in [6.45, 7) is 0. The average Bonchev–Trinajstić information content (AvgIpc) is 3.08. The second-order valence-corrected chi connectivity index (χ2v) is 5.70. The van der Waals surface area contributed by atoms with Crippen LogP contribution in [0.1, 0.15) is 22.1 Å². The van der Waals surface area contributed by atoms with Crippen molar-refractivity contribution in [2.45, 2.75) is 6.17 Å². The van der Waals surface area contributed by atoms with Crippen molar-refractivity contribution < 1.29 is 9.18 Å². The molecule has 1 atom stereocenters. The van der Waals surface area contributed by atoms with E-state index >= 15 is 0 Å². The van der Waals surface area contributed by atoms with Crippen LogP contribution in [0.4, 0.5) is 10.1 Å². The van der Waals surface area contributed by atoms with E-state index in [1.165, 1.54) is 12.1 Å². The van der Waals surface area contributed by atoms with Crippen molar-refractivity contribution in [1.82, 2.24) is 15.1 Å². The molecule has 6 heteroatoms. The molecule has 1 amide bonds. The number of rotatable bonds is 2. The Kier molecular flexibility index (Phi) is 3.30. The molecule has 1 aliphatic heterocycles. The van der Waals surface area contributed by atoms with E-state index in [9.17, 15) is 9.18 Å². The third-order valence-electron chi connectivity index (χ3n) is 4.19. The number of amides is 1. The largest absolute Gasteiger partial charge is 0.350 e. The molecule has 0 saturated heterocycles. The van der Waals surface area contributed by atoms with Crippen LogP contribution in [0.2, 0.25) is 0 Å². The quantitative estimate of drug-likeness (QED) is 0.789. The van der Waals surface area contributed by atoms with Crippen molar-refractivity contribution >= 4 is 11.6 Å². The first-order valence-corrected chi connectivity index (χ1v) is 7.57.